The molecule has 0 N–H and O–H groups in total. The van der Waals surface area contributed by atoms with Crippen molar-refractivity contribution in [3.05, 3.63) is 188 Å². The molecule has 8 aromatic carbocycles. The van der Waals surface area contributed by atoms with Gasteiger partial charge in [-0.05, 0) is 54.1 Å². The van der Waals surface area contributed by atoms with Gasteiger partial charge in [0.05, 0.1) is 22.4 Å². The third kappa shape index (κ3) is 4.80. The minimum Gasteiger partial charge on any atom is -0.436 e. The second kappa shape index (κ2) is 11.9. The smallest absolute Gasteiger partial charge is 0.227 e. The fraction of sp³-hybridized carbons (Fsp3) is 0. The molecule has 2 heterocycles. The first-order valence-corrected chi connectivity index (χ1v) is 17.2. The van der Waals surface area contributed by atoms with Gasteiger partial charge in [-0.2, -0.15) is 0 Å². The number of nitrogens with zero attached hydrogens (tertiary/aromatic N) is 3. The van der Waals surface area contributed by atoms with Crippen molar-refractivity contribution < 1.29 is 4.42 Å². The fourth-order valence-corrected chi connectivity index (χ4v) is 7.52. The van der Waals surface area contributed by atoms with Crippen molar-refractivity contribution in [3.63, 3.8) is 0 Å². The van der Waals surface area contributed by atoms with Crippen LogP contribution in [0.15, 0.2) is 192 Å². The molecule has 0 saturated heterocycles. The topological polar surface area (TPSA) is 34.2 Å². The molecule has 4 heteroatoms. The van der Waals surface area contributed by atoms with E-state index in [0.29, 0.717) is 5.89 Å². The second-order valence-corrected chi connectivity index (χ2v) is 12.8. The molecule has 240 valence electrons. The Morgan fingerprint density at radius 2 is 1.06 bits per heavy atom. The van der Waals surface area contributed by atoms with Gasteiger partial charge in [-0.1, -0.05) is 133 Å². The van der Waals surface area contributed by atoms with Gasteiger partial charge >= 0.3 is 0 Å². The van der Waals surface area contributed by atoms with E-state index in [1.165, 1.54) is 16.3 Å². The molecule has 0 amide bonds. The lowest BCUT2D eigenvalue weighted by molar-refractivity contribution is 0.620. The van der Waals surface area contributed by atoms with Gasteiger partial charge in [0.25, 0.3) is 0 Å². The number of anilines is 3. The molecule has 0 spiro atoms. The summed E-state index contributed by atoms with van der Waals surface area (Å²) >= 11 is 0. The van der Waals surface area contributed by atoms with Crippen LogP contribution >= 0.6 is 0 Å². The zero-order valence-corrected chi connectivity index (χ0v) is 27.6. The predicted molar refractivity (Wildman–Crippen MR) is 211 cm³/mol. The molecule has 10 rings (SSSR count). The molecule has 4 nitrogen and oxygen atoms in total. The number of benzene rings is 8. The highest BCUT2D eigenvalue weighted by Gasteiger charge is 2.24. The van der Waals surface area contributed by atoms with Crippen molar-refractivity contribution in [2.75, 3.05) is 4.90 Å². The fourth-order valence-electron chi connectivity index (χ4n) is 7.52. The maximum atomic E-state index is 6.58. The summed E-state index contributed by atoms with van der Waals surface area (Å²) in [6, 6.07) is 66.2. The standard InChI is InChI=1S/C47H31N3O/c1-4-16-32(17-5-1)36-22-12-14-26-41(36)50(35-28-29-39-37-23-13-15-27-42(37)49(43(39)30-35)34-20-8-3-9-21-34)44-31-45-46(40-25-11-10-24-38(40)44)48-47(51-45)33-18-6-2-7-19-33/h1-31H. The van der Waals surface area contributed by atoms with Gasteiger partial charge in [0.15, 0.2) is 5.58 Å². The zero-order chi connectivity index (χ0) is 33.7. The number of fused-ring (bicyclic) bond motifs is 6. The van der Waals surface area contributed by atoms with E-state index in [4.69, 9.17) is 9.40 Å². The van der Waals surface area contributed by atoms with Crippen LogP contribution in [0.3, 0.4) is 0 Å². The lowest BCUT2D eigenvalue weighted by atomic mass is 10.00. The van der Waals surface area contributed by atoms with Crippen LogP contribution in [0.4, 0.5) is 17.1 Å². The van der Waals surface area contributed by atoms with Gasteiger partial charge in [-0.3, -0.25) is 0 Å². The highest BCUT2D eigenvalue weighted by molar-refractivity contribution is 6.14. The summed E-state index contributed by atoms with van der Waals surface area (Å²) in [6.07, 6.45) is 0. The Bertz CT molecular complexity index is 2850. The van der Waals surface area contributed by atoms with Gasteiger partial charge in [0.2, 0.25) is 5.89 Å². The molecular weight excluding hydrogens is 623 g/mol. The Kier molecular flexibility index (Phi) is 6.78. The number of para-hydroxylation sites is 3. The van der Waals surface area contributed by atoms with Crippen molar-refractivity contribution >= 4 is 60.7 Å². The number of hydrogen-bond donors (Lipinski definition) is 0. The quantitative estimate of drug-likeness (QED) is 0.179. The summed E-state index contributed by atoms with van der Waals surface area (Å²) in [5, 5.41) is 4.56. The SMILES string of the molecule is c1ccc(-c2nc3c(cc(N(c4ccc5c6ccccc6n(-c6ccccc6)c5c4)c4ccccc4-c4ccccc4)c4ccccc43)o2)cc1. The van der Waals surface area contributed by atoms with E-state index in [2.05, 4.69) is 167 Å². The Hall–Kier alpha value is -6.91. The summed E-state index contributed by atoms with van der Waals surface area (Å²) < 4.78 is 8.96. The maximum Gasteiger partial charge on any atom is 0.227 e. The van der Waals surface area contributed by atoms with Crippen molar-refractivity contribution in [1.29, 1.82) is 0 Å². The highest BCUT2D eigenvalue weighted by atomic mass is 16.3. The minimum absolute atomic E-state index is 0.609. The molecular formula is C47H31N3O. The van der Waals surface area contributed by atoms with Gasteiger partial charge in [0, 0.05) is 50.1 Å². The van der Waals surface area contributed by atoms with E-state index in [1.807, 2.05) is 30.3 Å². The Labute approximate surface area is 295 Å². The Morgan fingerprint density at radius 1 is 0.451 bits per heavy atom. The molecule has 0 aliphatic rings. The average Bonchev–Trinajstić information content (AvgIpc) is 3.79. The van der Waals surface area contributed by atoms with Crippen molar-refractivity contribution in [1.82, 2.24) is 9.55 Å². The van der Waals surface area contributed by atoms with Gasteiger partial charge in [-0.15, -0.1) is 0 Å². The summed E-state index contributed by atoms with van der Waals surface area (Å²) in [5.74, 6) is 0.609. The van der Waals surface area contributed by atoms with Crippen LogP contribution in [-0.4, -0.2) is 9.55 Å². The second-order valence-electron chi connectivity index (χ2n) is 12.8. The third-order valence-corrected chi connectivity index (χ3v) is 9.80. The summed E-state index contributed by atoms with van der Waals surface area (Å²) in [4.78, 5) is 7.43. The zero-order valence-electron chi connectivity index (χ0n) is 27.6. The normalized spacial score (nSPS) is 11.5. The van der Waals surface area contributed by atoms with Crippen LogP contribution in [0.5, 0.6) is 0 Å². The first-order valence-electron chi connectivity index (χ1n) is 17.2. The van der Waals surface area contributed by atoms with E-state index in [0.717, 1.165) is 66.8 Å². The summed E-state index contributed by atoms with van der Waals surface area (Å²) in [7, 11) is 0. The Morgan fingerprint density at radius 3 is 1.84 bits per heavy atom. The lowest BCUT2D eigenvalue weighted by Gasteiger charge is -2.29. The Balaban J connectivity index is 1.29. The van der Waals surface area contributed by atoms with Crippen LogP contribution in [-0.2, 0) is 0 Å². The van der Waals surface area contributed by atoms with Crippen molar-refractivity contribution in [2.45, 2.75) is 0 Å². The minimum atomic E-state index is 0.609. The molecule has 0 bridgehead atoms. The van der Waals surface area contributed by atoms with E-state index in [-0.39, 0.29) is 0 Å². The monoisotopic (exact) mass is 653 g/mol. The molecule has 2 aromatic heterocycles. The van der Waals surface area contributed by atoms with E-state index < -0.39 is 0 Å². The largest absolute Gasteiger partial charge is 0.436 e. The lowest BCUT2D eigenvalue weighted by Crippen LogP contribution is -2.12. The number of hydrogen-bond acceptors (Lipinski definition) is 3. The molecule has 0 unspecified atom stereocenters. The first-order chi connectivity index (χ1) is 25.3. The van der Waals surface area contributed by atoms with E-state index in [9.17, 15) is 0 Å². The number of oxazole rings is 1. The van der Waals surface area contributed by atoms with Crippen molar-refractivity contribution in [3.8, 4) is 28.3 Å². The van der Waals surface area contributed by atoms with Crippen molar-refractivity contribution in [2.24, 2.45) is 0 Å². The maximum absolute atomic E-state index is 6.58. The molecule has 0 aliphatic heterocycles. The predicted octanol–water partition coefficient (Wildman–Crippen LogP) is 12.9. The molecule has 10 aromatic rings. The highest BCUT2D eigenvalue weighted by Crippen LogP contribution is 2.47. The molecule has 0 atom stereocenters. The summed E-state index contributed by atoms with van der Waals surface area (Å²) in [5.41, 5.74) is 11.4. The third-order valence-electron chi connectivity index (χ3n) is 9.80. The van der Waals surface area contributed by atoms with Crippen LogP contribution in [0, 0.1) is 0 Å². The average molecular weight is 654 g/mol. The molecule has 0 aliphatic carbocycles. The molecule has 0 fully saturated rings. The van der Waals surface area contributed by atoms with Gasteiger partial charge in [-0.25, -0.2) is 4.98 Å². The molecule has 0 saturated carbocycles. The van der Waals surface area contributed by atoms with E-state index >= 15 is 0 Å². The van der Waals surface area contributed by atoms with Gasteiger partial charge < -0.3 is 13.9 Å². The number of aromatic nitrogens is 2. The number of rotatable bonds is 6. The van der Waals surface area contributed by atoms with Crippen LogP contribution < -0.4 is 4.90 Å². The van der Waals surface area contributed by atoms with Crippen LogP contribution in [0.25, 0.3) is 71.9 Å². The van der Waals surface area contributed by atoms with E-state index in [1.54, 1.807) is 0 Å². The first kappa shape index (κ1) is 29.0. The molecule has 51 heavy (non-hydrogen) atoms. The molecule has 0 radical (unpaired) electrons. The van der Waals surface area contributed by atoms with Crippen LogP contribution in [0.1, 0.15) is 0 Å². The van der Waals surface area contributed by atoms with Crippen LogP contribution in [0.2, 0.25) is 0 Å². The van der Waals surface area contributed by atoms with Gasteiger partial charge in [0.1, 0.15) is 5.52 Å². The summed E-state index contributed by atoms with van der Waals surface area (Å²) in [6.45, 7) is 0.